The Morgan fingerprint density at radius 3 is 1.98 bits per heavy atom. The first-order valence-electron chi connectivity index (χ1n) is 19.5. The van der Waals surface area contributed by atoms with Gasteiger partial charge in [0, 0.05) is 24.7 Å². The highest BCUT2D eigenvalue weighted by molar-refractivity contribution is 7.55. The largest absolute Gasteiger partial charge is 0.453 e. The normalized spacial score (nSPS) is 11.4. The van der Waals surface area contributed by atoms with Gasteiger partial charge in [-0.3, -0.25) is 4.79 Å². The standard InChI is InChI=1S/C42H50FN8O9P.ClH/c43-34-17-15-33(16-18-34)40(52)46-21-24-55-26-28-57-29-27-56-25-22-51-31-36(49-50-51)8-7-23-58-42(53)48-39(30-32-13-19-35(20-14-32)47-41(44)45)61(54,59-37-9-3-1-4-10-37)60-38-11-5-2-6-12-38;/h1-6,9-20,31,39H,7-8,21-30H2,(H,46,52)(H,48,53)(H4,44,45,47);1H. The van der Waals surface area contributed by atoms with Crippen molar-refractivity contribution >= 4 is 43.7 Å². The van der Waals surface area contributed by atoms with E-state index in [-0.39, 0.29) is 37.3 Å². The molecule has 0 saturated heterocycles. The molecule has 0 saturated carbocycles. The van der Waals surface area contributed by atoms with Gasteiger partial charge in [-0.1, -0.05) is 53.7 Å². The van der Waals surface area contributed by atoms with Crippen molar-refractivity contribution in [3.05, 3.63) is 138 Å². The molecule has 332 valence electrons. The first-order chi connectivity index (χ1) is 29.6. The number of guanidine groups is 1. The Balaban J connectivity index is 0.00000845. The van der Waals surface area contributed by atoms with Gasteiger partial charge in [0.1, 0.15) is 17.3 Å². The van der Waals surface area contributed by atoms with Crippen LogP contribution in [-0.2, 0) is 42.9 Å². The average molecular weight is 897 g/mol. The summed E-state index contributed by atoms with van der Waals surface area (Å²) in [4.78, 5) is 29.3. The number of hydrogen-bond acceptors (Lipinski definition) is 12. The van der Waals surface area contributed by atoms with E-state index in [1.807, 2.05) is 0 Å². The van der Waals surface area contributed by atoms with E-state index in [0.717, 1.165) is 0 Å². The third-order valence-corrected chi connectivity index (χ3v) is 10.5. The summed E-state index contributed by atoms with van der Waals surface area (Å²) in [5, 5.41) is 13.8. The van der Waals surface area contributed by atoms with E-state index < -0.39 is 25.3 Å². The molecule has 6 N–H and O–H groups in total. The van der Waals surface area contributed by atoms with Crippen molar-refractivity contribution in [2.75, 3.05) is 52.8 Å². The molecule has 1 atom stereocenters. The highest BCUT2D eigenvalue weighted by Crippen LogP contribution is 2.53. The van der Waals surface area contributed by atoms with Gasteiger partial charge in [-0.25, -0.2) is 23.4 Å². The van der Waals surface area contributed by atoms with Crippen LogP contribution in [-0.4, -0.2) is 91.5 Å². The van der Waals surface area contributed by atoms with Gasteiger partial charge in [0.2, 0.25) is 0 Å². The van der Waals surface area contributed by atoms with Crippen LogP contribution < -0.4 is 31.1 Å². The van der Waals surface area contributed by atoms with E-state index >= 15 is 0 Å². The van der Waals surface area contributed by atoms with Crippen LogP contribution in [0.15, 0.2) is 120 Å². The zero-order chi connectivity index (χ0) is 43.1. The highest BCUT2D eigenvalue weighted by Gasteiger charge is 2.41. The Morgan fingerprint density at radius 1 is 0.774 bits per heavy atom. The predicted octanol–water partition coefficient (Wildman–Crippen LogP) is 5.80. The number of carbonyl (C=O) groups excluding carboxylic acids is 2. The summed E-state index contributed by atoms with van der Waals surface area (Å²) in [6.07, 6.45) is 1.98. The number of aliphatic imine (C=N–C) groups is 1. The smallest absolute Gasteiger partial charge is 0.450 e. The number of nitrogens with one attached hydrogen (secondary N) is 2. The number of carbonyl (C=O) groups is 2. The van der Waals surface area contributed by atoms with Gasteiger partial charge in [0.05, 0.1) is 64.2 Å². The molecule has 0 radical (unpaired) electrons. The van der Waals surface area contributed by atoms with Crippen LogP contribution >= 0.6 is 20.0 Å². The van der Waals surface area contributed by atoms with Crippen LogP contribution in [0.5, 0.6) is 11.5 Å². The lowest BCUT2D eigenvalue weighted by Crippen LogP contribution is -2.39. The number of nitrogens with two attached hydrogens (primary N) is 2. The van der Waals surface area contributed by atoms with Gasteiger partial charge < -0.3 is 50.1 Å². The summed E-state index contributed by atoms with van der Waals surface area (Å²) < 4.78 is 63.6. The second kappa shape index (κ2) is 26.3. The summed E-state index contributed by atoms with van der Waals surface area (Å²) in [6.45, 7) is 3.05. The molecule has 1 heterocycles. The molecule has 0 aliphatic carbocycles. The van der Waals surface area contributed by atoms with Gasteiger partial charge in [-0.2, -0.15) is 0 Å². The van der Waals surface area contributed by atoms with Gasteiger partial charge >= 0.3 is 13.7 Å². The quantitative estimate of drug-likeness (QED) is 0.0223. The number of aromatic nitrogens is 3. The molecule has 0 aliphatic heterocycles. The number of para-hydroxylation sites is 2. The minimum Gasteiger partial charge on any atom is -0.450 e. The minimum absolute atomic E-state index is 0. The lowest BCUT2D eigenvalue weighted by atomic mass is 10.1. The van der Waals surface area contributed by atoms with Gasteiger partial charge in [-0.15, -0.1) is 17.5 Å². The van der Waals surface area contributed by atoms with Crippen molar-refractivity contribution in [1.29, 1.82) is 0 Å². The molecular weight excluding hydrogens is 846 g/mol. The average Bonchev–Trinajstić information content (AvgIpc) is 3.71. The number of alkyl carbamates (subject to hydrolysis) is 1. The second-order valence-corrected chi connectivity index (χ2v) is 15.3. The monoisotopic (exact) mass is 896 g/mol. The zero-order valence-electron chi connectivity index (χ0n) is 33.9. The zero-order valence-corrected chi connectivity index (χ0v) is 35.6. The molecule has 1 unspecified atom stereocenters. The van der Waals surface area contributed by atoms with E-state index in [9.17, 15) is 18.5 Å². The fraction of sp³-hybridized carbons (Fsp3) is 0.310. The highest BCUT2D eigenvalue weighted by atomic mass is 35.5. The maximum absolute atomic E-state index is 14.7. The molecule has 5 rings (SSSR count). The Hall–Kier alpha value is -6.04. The summed E-state index contributed by atoms with van der Waals surface area (Å²) in [7, 11) is -4.19. The molecule has 2 amide bonds. The molecule has 20 heteroatoms. The van der Waals surface area contributed by atoms with Gasteiger partial charge in [0.15, 0.2) is 11.7 Å². The fourth-order valence-electron chi connectivity index (χ4n) is 5.52. The lowest BCUT2D eigenvalue weighted by molar-refractivity contribution is 0.0133. The van der Waals surface area contributed by atoms with Crippen molar-refractivity contribution in [2.24, 2.45) is 16.5 Å². The molecular formula is C42H51ClFN8O9P. The van der Waals surface area contributed by atoms with Gasteiger partial charge in [0.25, 0.3) is 5.91 Å². The Bertz CT molecular complexity index is 2110. The summed E-state index contributed by atoms with van der Waals surface area (Å²) in [5.41, 5.74) is 13.3. The summed E-state index contributed by atoms with van der Waals surface area (Å²) >= 11 is 0. The Morgan fingerprint density at radius 2 is 1.37 bits per heavy atom. The lowest BCUT2D eigenvalue weighted by Gasteiger charge is -2.28. The van der Waals surface area contributed by atoms with Crippen molar-refractivity contribution in [2.45, 2.75) is 31.6 Å². The van der Waals surface area contributed by atoms with E-state index in [0.29, 0.717) is 99.6 Å². The second-order valence-electron chi connectivity index (χ2n) is 13.2. The maximum atomic E-state index is 14.7. The van der Waals surface area contributed by atoms with E-state index in [1.54, 1.807) is 95.8 Å². The molecule has 1 aromatic heterocycles. The number of aryl methyl sites for hydroxylation is 1. The van der Waals surface area contributed by atoms with Crippen LogP contribution in [0, 0.1) is 5.82 Å². The van der Waals surface area contributed by atoms with E-state index in [4.69, 9.17) is 39.5 Å². The third-order valence-electron chi connectivity index (χ3n) is 8.49. The molecule has 0 spiro atoms. The fourth-order valence-corrected chi connectivity index (χ4v) is 7.34. The number of nitrogens with zero attached hydrogens (tertiary/aromatic N) is 4. The van der Waals surface area contributed by atoms with Crippen LogP contribution in [0.25, 0.3) is 0 Å². The van der Waals surface area contributed by atoms with Crippen LogP contribution in [0.3, 0.4) is 0 Å². The number of rotatable bonds is 26. The molecule has 0 fully saturated rings. The molecule has 4 aromatic carbocycles. The number of benzene rings is 4. The van der Waals surface area contributed by atoms with Crippen LogP contribution in [0.2, 0.25) is 0 Å². The molecule has 5 aromatic rings. The Kier molecular flexibility index (Phi) is 20.6. The molecule has 17 nitrogen and oxygen atoms in total. The van der Waals surface area contributed by atoms with Crippen LogP contribution in [0.1, 0.15) is 28.0 Å². The molecule has 0 aliphatic rings. The summed E-state index contributed by atoms with van der Waals surface area (Å²) in [5.74, 6) is -1.38. The topological polar surface area (TPSA) is 226 Å². The third kappa shape index (κ3) is 17.5. The number of halogens is 2. The van der Waals surface area contributed by atoms with E-state index in [2.05, 4.69) is 25.9 Å². The molecule has 0 bridgehead atoms. The van der Waals surface area contributed by atoms with Crippen molar-refractivity contribution in [1.82, 2.24) is 25.6 Å². The van der Waals surface area contributed by atoms with Gasteiger partial charge in [-0.05, 0) is 79.1 Å². The molecule has 62 heavy (non-hydrogen) atoms. The SMILES string of the molecule is Cl.NC(N)=Nc1ccc(CC(NC(=O)OCCCc2cn(CCOCCOCCOCCNC(=O)c3ccc(F)cc3)nn2)P(=O)(Oc2ccccc2)Oc2ccccc2)cc1. The number of hydrogen-bond donors (Lipinski definition) is 4. The Labute approximate surface area is 365 Å². The predicted molar refractivity (Wildman–Crippen MR) is 232 cm³/mol. The number of ether oxygens (including phenoxy) is 4. The summed E-state index contributed by atoms with van der Waals surface area (Å²) in [6, 6.07) is 29.3. The first kappa shape index (κ1) is 48.6. The first-order valence-corrected chi connectivity index (χ1v) is 21.1. The van der Waals surface area contributed by atoms with Crippen molar-refractivity contribution < 1.29 is 46.5 Å². The van der Waals surface area contributed by atoms with Crippen molar-refractivity contribution in [3.8, 4) is 11.5 Å². The maximum Gasteiger partial charge on any atom is 0.453 e. The number of amides is 2. The van der Waals surface area contributed by atoms with E-state index in [1.165, 1.54) is 24.3 Å². The van der Waals surface area contributed by atoms with Crippen molar-refractivity contribution in [3.63, 3.8) is 0 Å². The van der Waals surface area contributed by atoms with Crippen LogP contribution in [0.4, 0.5) is 14.9 Å². The minimum atomic E-state index is -4.19.